The molecule has 2 aromatic carbocycles. The van der Waals surface area contributed by atoms with Crippen molar-refractivity contribution in [2.75, 3.05) is 0 Å². The van der Waals surface area contributed by atoms with E-state index in [9.17, 15) is 0 Å². The van der Waals surface area contributed by atoms with Crippen LogP contribution in [0.15, 0.2) is 48.5 Å². The average molecular weight is 251 g/mol. The van der Waals surface area contributed by atoms with Crippen LogP contribution in [0.25, 0.3) is 0 Å². The van der Waals surface area contributed by atoms with Crippen molar-refractivity contribution in [3.63, 3.8) is 0 Å². The minimum atomic E-state index is 0.519. The molecular weight excluding hydrogens is 234 g/mol. The standard InChI is InChI=1S/C17H17NO/c1-14-7-2-3-9-16(14)13-19-17-11-5-4-8-15(17)10-6-12-18/h2-5,7-9,11H,6,10,13H2,1H3. The van der Waals surface area contributed by atoms with Gasteiger partial charge >= 0.3 is 0 Å². The van der Waals surface area contributed by atoms with Crippen LogP contribution in [0, 0.1) is 18.3 Å². The zero-order chi connectivity index (χ0) is 13.5. The van der Waals surface area contributed by atoms with E-state index in [0.29, 0.717) is 13.0 Å². The summed E-state index contributed by atoms with van der Waals surface area (Å²) in [6, 6.07) is 18.3. The molecule has 0 bridgehead atoms. The molecular formula is C17H17NO. The molecule has 0 radical (unpaired) electrons. The van der Waals surface area contributed by atoms with Gasteiger partial charge in [0, 0.05) is 6.42 Å². The summed E-state index contributed by atoms with van der Waals surface area (Å²) in [5.41, 5.74) is 3.52. The molecule has 2 nitrogen and oxygen atoms in total. The van der Waals surface area contributed by atoms with Crippen molar-refractivity contribution in [1.82, 2.24) is 0 Å². The molecule has 0 aliphatic heterocycles. The molecule has 19 heavy (non-hydrogen) atoms. The average Bonchev–Trinajstić information content (AvgIpc) is 2.45. The molecule has 0 aliphatic rings. The highest BCUT2D eigenvalue weighted by atomic mass is 16.5. The van der Waals surface area contributed by atoms with E-state index in [1.807, 2.05) is 36.4 Å². The largest absolute Gasteiger partial charge is 0.489 e. The van der Waals surface area contributed by atoms with Crippen LogP contribution in [-0.2, 0) is 13.0 Å². The molecule has 2 heteroatoms. The van der Waals surface area contributed by atoms with Gasteiger partial charge in [0.2, 0.25) is 0 Å². The van der Waals surface area contributed by atoms with Gasteiger partial charge < -0.3 is 4.74 Å². The molecule has 0 heterocycles. The summed E-state index contributed by atoms with van der Waals surface area (Å²) in [6.45, 7) is 2.65. The third kappa shape index (κ3) is 3.59. The second kappa shape index (κ2) is 6.61. The van der Waals surface area contributed by atoms with Crippen molar-refractivity contribution < 1.29 is 4.74 Å². The van der Waals surface area contributed by atoms with Gasteiger partial charge in [-0.1, -0.05) is 42.5 Å². The number of hydrogen-bond donors (Lipinski definition) is 0. The Morgan fingerprint density at radius 1 is 1.00 bits per heavy atom. The number of aryl methyl sites for hydroxylation is 2. The summed E-state index contributed by atoms with van der Waals surface area (Å²) in [6.07, 6.45) is 1.26. The fourth-order valence-electron chi connectivity index (χ4n) is 1.97. The molecule has 0 aromatic heterocycles. The summed E-state index contributed by atoms with van der Waals surface area (Å²) >= 11 is 0. The Hall–Kier alpha value is -2.27. The SMILES string of the molecule is Cc1ccccc1COc1ccccc1CCC#N. The third-order valence-electron chi connectivity index (χ3n) is 3.12. The molecule has 0 amide bonds. The predicted octanol–water partition coefficient (Wildman–Crippen LogP) is 4.03. The van der Waals surface area contributed by atoms with E-state index in [1.165, 1.54) is 11.1 Å². The lowest BCUT2D eigenvalue weighted by atomic mass is 10.1. The molecule has 96 valence electrons. The van der Waals surface area contributed by atoms with Crippen molar-refractivity contribution in [1.29, 1.82) is 5.26 Å². The highest BCUT2D eigenvalue weighted by Crippen LogP contribution is 2.21. The van der Waals surface area contributed by atoms with E-state index in [1.54, 1.807) is 0 Å². The predicted molar refractivity (Wildman–Crippen MR) is 75.9 cm³/mol. The Morgan fingerprint density at radius 3 is 2.42 bits per heavy atom. The van der Waals surface area contributed by atoms with E-state index in [0.717, 1.165) is 17.7 Å². The van der Waals surface area contributed by atoms with Gasteiger partial charge in [-0.15, -0.1) is 0 Å². The van der Waals surface area contributed by atoms with Crippen LogP contribution in [0.3, 0.4) is 0 Å². The third-order valence-corrected chi connectivity index (χ3v) is 3.12. The summed E-state index contributed by atoms with van der Waals surface area (Å²) in [5, 5.41) is 8.67. The molecule has 0 fully saturated rings. The van der Waals surface area contributed by atoms with Crippen LogP contribution in [-0.4, -0.2) is 0 Å². The van der Waals surface area contributed by atoms with Gasteiger partial charge in [-0.3, -0.25) is 0 Å². The molecule has 0 saturated carbocycles. The zero-order valence-corrected chi connectivity index (χ0v) is 11.1. The maximum Gasteiger partial charge on any atom is 0.123 e. The summed E-state index contributed by atoms with van der Waals surface area (Å²) in [5.74, 6) is 0.876. The summed E-state index contributed by atoms with van der Waals surface area (Å²) in [4.78, 5) is 0. The minimum Gasteiger partial charge on any atom is -0.489 e. The Labute approximate surface area is 114 Å². The van der Waals surface area contributed by atoms with Gasteiger partial charge in [-0.25, -0.2) is 0 Å². The van der Waals surface area contributed by atoms with Gasteiger partial charge in [0.15, 0.2) is 0 Å². The number of rotatable bonds is 5. The Morgan fingerprint density at radius 2 is 1.68 bits per heavy atom. The molecule has 0 unspecified atom stereocenters. The monoisotopic (exact) mass is 251 g/mol. The Kier molecular flexibility index (Phi) is 4.58. The maximum atomic E-state index is 8.67. The molecule has 0 spiro atoms. The normalized spacial score (nSPS) is 9.89. The van der Waals surface area contributed by atoms with Gasteiger partial charge in [-0.2, -0.15) is 5.26 Å². The number of para-hydroxylation sites is 1. The van der Waals surface area contributed by atoms with Crippen molar-refractivity contribution >= 4 is 0 Å². The fraction of sp³-hybridized carbons (Fsp3) is 0.235. The molecule has 2 aromatic rings. The lowest BCUT2D eigenvalue weighted by Crippen LogP contribution is -2.00. The first kappa shape index (κ1) is 13.2. The number of benzene rings is 2. The molecule has 0 atom stereocenters. The Bertz CT molecular complexity index is 584. The molecule has 0 saturated heterocycles. The van der Waals surface area contributed by atoms with Crippen LogP contribution in [0.2, 0.25) is 0 Å². The van der Waals surface area contributed by atoms with Crippen molar-refractivity contribution in [3.05, 3.63) is 65.2 Å². The summed E-state index contributed by atoms with van der Waals surface area (Å²) < 4.78 is 5.89. The van der Waals surface area contributed by atoms with Crippen LogP contribution >= 0.6 is 0 Å². The highest BCUT2D eigenvalue weighted by Gasteiger charge is 2.04. The smallest absolute Gasteiger partial charge is 0.123 e. The van der Waals surface area contributed by atoms with Crippen LogP contribution < -0.4 is 4.74 Å². The fourth-order valence-corrected chi connectivity index (χ4v) is 1.97. The second-order valence-corrected chi connectivity index (χ2v) is 4.48. The van der Waals surface area contributed by atoms with Gasteiger partial charge in [-0.05, 0) is 36.1 Å². The topological polar surface area (TPSA) is 33.0 Å². The quantitative estimate of drug-likeness (QED) is 0.803. The highest BCUT2D eigenvalue weighted by molar-refractivity contribution is 5.34. The van der Waals surface area contributed by atoms with E-state index in [4.69, 9.17) is 10.00 Å². The maximum absolute atomic E-state index is 8.67. The van der Waals surface area contributed by atoms with Crippen LogP contribution in [0.4, 0.5) is 0 Å². The first-order valence-electron chi connectivity index (χ1n) is 6.43. The van der Waals surface area contributed by atoms with Crippen molar-refractivity contribution in [2.24, 2.45) is 0 Å². The van der Waals surface area contributed by atoms with E-state index in [2.05, 4.69) is 25.1 Å². The van der Waals surface area contributed by atoms with E-state index in [-0.39, 0.29) is 0 Å². The van der Waals surface area contributed by atoms with Gasteiger partial charge in [0.25, 0.3) is 0 Å². The van der Waals surface area contributed by atoms with Crippen molar-refractivity contribution in [2.45, 2.75) is 26.4 Å². The molecule has 2 rings (SSSR count). The second-order valence-electron chi connectivity index (χ2n) is 4.48. The van der Waals surface area contributed by atoms with Crippen LogP contribution in [0.5, 0.6) is 5.75 Å². The number of nitriles is 1. The van der Waals surface area contributed by atoms with Crippen LogP contribution in [0.1, 0.15) is 23.1 Å². The number of nitrogens with zero attached hydrogens (tertiary/aromatic N) is 1. The number of ether oxygens (including phenoxy) is 1. The first-order chi connectivity index (χ1) is 9.31. The van der Waals surface area contributed by atoms with E-state index >= 15 is 0 Å². The van der Waals surface area contributed by atoms with Gasteiger partial charge in [0.1, 0.15) is 12.4 Å². The summed E-state index contributed by atoms with van der Waals surface area (Å²) in [7, 11) is 0. The molecule has 0 N–H and O–H groups in total. The Balaban J connectivity index is 2.07. The zero-order valence-electron chi connectivity index (χ0n) is 11.1. The lowest BCUT2D eigenvalue weighted by Gasteiger charge is -2.12. The van der Waals surface area contributed by atoms with Gasteiger partial charge in [0.05, 0.1) is 6.07 Å². The first-order valence-corrected chi connectivity index (χ1v) is 6.43. The van der Waals surface area contributed by atoms with E-state index < -0.39 is 0 Å². The minimum absolute atomic E-state index is 0.519. The molecule has 0 aliphatic carbocycles. The lowest BCUT2D eigenvalue weighted by molar-refractivity contribution is 0.302. The van der Waals surface area contributed by atoms with Crippen molar-refractivity contribution in [3.8, 4) is 11.8 Å². The number of hydrogen-bond acceptors (Lipinski definition) is 2.